The lowest BCUT2D eigenvalue weighted by Gasteiger charge is -2.21. The highest BCUT2D eigenvalue weighted by molar-refractivity contribution is 5.81. The molecule has 0 fully saturated rings. The molecule has 2 aliphatic rings. The molecule has 0 amide bonds. The number of pyridine rings is 2. The van der Waals surface area contributed by atoms with Gasteiger partial charge in [-0.1, -0.05) is 34.6 Å². The number of nitrogens with zero attached hydrogens (tertiary/aromatic N) is 8. The summed E-state index contributed by atoms with van der Waals surface area (Å²) >= 11 is 0. The fourth-order valence-electron chi connectivity index (χ4n) is 5.65. The zero-order chi connectivity index (χ0) is 42.7. The molecule has 8 rings (SSSR count). The van der Waals surface area contributed by atoms with Gasteiger partial charge in [-0.25, -0.2) is 9.97 Å². The standard InChI is InChI=1S/2C19H15F3N4O4/c2*1-11-24-25-17(27-11)15-8-7-14(10-23-15)28-16-9-18(2,30-26-16)12-3-5-13(6-4-12)29-19(20,21)22/h2*3-8,10H,9H2,1-2H3/t2*18-/m10/s1. The first kappa shape index (κ1) is 40.9. The van der Waals surface area contributed by atoms with Gasteiger partial charge in [0.05, 0.1) is 25.2 Å². The van der Waals surface area contributed by atoms with E-state index in [-0.39, 0.29) is 24.3 Å². The van der Waals surface area contributed by atoms with E-state index in [9.17, 15) is 26.3 Å². The lowest BCUT2D eigenvalue weighted by molar-refractivity contribution is -0.275. The summed E-state index contributed by atoms with van der Waals surface area (Å²) in [5.41, 5.74) is 0.470. The normalized spacial score (nSPS) is 18.6. The summed E-state index contributed by atoms with van der Waals surface area (Å²) in [5, 5.41) is 23.2. The Balaban J connectivity index is 0.000000181. The maximum atomic E-state index is 12.3. The van der Waals surface area contributed by atoms with E-state index in [0.717, 1.165) is 0 Å². The van der Waals surface area contributed by atoms with Crippen molar-refractivity contribution in [2.75, 3.05) is 0 Å². The van der Waals surface area contributed by atoms with Gasteiger partial charge >= 0.3 is 12.7 Å². The first-order valence-electron chi connectivity index (χ1n) is 17.5. The molecule has 0 aliphatic carbocycles. The van der Waals surface area contributed by atoms with Gasteiger partial charge in [0.25, 0.3) is 11.8 Å². The highest BCUT2D eigenvalue weighted by atomic mass is 19.4. The molecule has 0 N–H and O–H groups in total. The molecule has 60 heavy (non-hydrogen) atoms. The third-order valence-corrected chi connectivity index (χ3v) is 8.51. The Labute approximate surface area is 334 Å². The quantitative estimate of drug-likeness (QED) is 0.133. The highest BCUT2D eigenvalue weighted by Gasteiger charge is 2.39. The molecule has 16 nitrogen and oxygen atoms in total. The Morgan fingerprint density at radius 3 is 1.18 bits per heavy atom. The third-order valence-electron chi connectivity index (χ3n) is 8.51. The SMILES string of the molecule is Cc1nnc(-c2ccc(OC3=NO[C@@](C)(c4ccc(OC(F)(F)F)cc4)C3)cn2)o1.Cc1nnc(-c2ccc(OC3=NO[C@](C)(c4ccc(OC(F)(F)F)cc4)C3)cn2)o1. The van der Waals surface area contributed by atoms with Crippen LogP contribution in [0.4, 0.5) is 26.3 Å². The van der Waals surface area contributed by atoms with Crippen LogP contribution in [0, 0.1) is 13.8 Å². The minimum atomic E-state index is -4.74. The number of oxime groups is 2. The lowest BCUT2D eigenvalue weighted by atomic mass is 9.93. The van der Waals surface area contributed by atoms with Crippen molar-refractivity contribution in [3.05, 3.63) is 108 Å². The summed E-state index contributed by atoms with van der Waals surface area (Å²) in [6.45, 7) is 6.87. The van der Waals surface area contributed by atoms with Gasteiger partial charge in [-0.3, -0.25) is 0 Å². The predicted octanol–water partition coefficient (Wildman–Crippen LogP) is 8.73. The van der Waals surface area contributed by atoms with Crippen LogP contribution in [-0.2, 0) is 20.9 Å². The molecule has 22 heteroatoms. The predicted molar refractivity (Wildman–Crippen MR) is 193 cm³/mol. The van der Waals surface area contributed by atoms with Crippen LogP contribution >= 0.6 is 0 Å². The fraction of sp³-hybridized carbons (Fsp3) is 0.263. The molecule has 2 atom stereocenters. The van der Waals surface area contributed by atoms with Gasteiger partial charge in [0.15, 0.2) is 11.2 Å². The van der Waals surface area contributed by atoms with Crippen LogP contribution in [0.15, 0.2) is 104 Å². The van der Waals surface area contributed by atoms with Crippen LogP contribution in [0.2, 0.25) is 0 Å². The summed E-state index contributed by atoms with van der Waals surface area (Å²) in [7, 11) is 0. The maximum absolute atomic E-state index is 12.3. The topological polar surface area (TPSA) is 184 Å². The largest absolute Gasteiger partial charge is 0.573 e. The summed E-state index contributed by atoms with van der Waals surface area (Å²) in [4.78, 5) is 19.4. The van der Waals surface area contributed by atoms with Crippen LogP contribution in [0.5, 0.6) is 23.0 Å². The van der Waals surface area contributed by atoms with Crippen molar-refractivity contribution in [2.45, 2.75) is 64.5 Å². The molecular formula is C38H30F6N8O8. The van der Waals surface area contributed by atoms with Crippen molar-refractivity contribution < 1.29 is 63.8 Å². The number of aromatic nitrogens is 6. The second-order valence-corrected chi connectivity index (χ2v) is 13.3. The zero-order valence-electron chi connectivity index (χ0n) is 31.6. The van der Waals surface area contributed by atoms with Gasteiger partial charge in [-0.2, -0.15) is 0 Å². The van der Waals surface area contributed by atoms with Crippen molar-refractivity contribution in [3.8, 4) is 46.2 Å². The summed E-state index contributed by atoms with van der Waals surface area (Å²) in [5.74, 6) is 2.29. The number of ether oxygens (including phenoxy) is 4. The van der Waals surface area contributed by atoms with Crippen LogP contribution in [0.25, 0.3) is 23.2 Å². The molecule has 0 spiro atoms. The van der Waals surface area contributed by atoms with Crippen molar-refractivity contribution in [1.82, 2.24) is 30.4 Å². The number of benzene rings is 2. The summed E-state index contributed by atoms with van der Waals surface area (Å²) < 4.78 is 104. The number of alkyl halides is 6. The molecule has 2 aliphatic heterocycles. The average molecular weight is 841 g/mol. The van der Waals surface area contributed by atoms with Gasteiger partial charge in [0, 0.05) is 13.8 Å². The van der Waals surface area contributed by atoms with E-state index in [4.69, 9.17) is 28.0 Å². The molecule has 2 aromatic carbocycles. The third kappa shape index (κ3) is 10.2. The van der Waals surface area contributed by atoms with Crippen LogP contribution in [0.3, 0.4) is 0 Å². The van der Waals surface area contributed by atoms with E-state index in [1.165, 1.54) is 60.9 Å². The van der Waals surface area contributed by atoms with Crippen molar-refractivity contribution >= 4 is 11.8 Å². The lowest BCUT2D eigenvalue weighted by Crippen LogP contribution is -2.23. The maximum Gasteiger partial charge on any atom is 0.573 e. The van der Waals surface area contributed by atoms with E-state index in [2.05, 4.69) is 50.1 Å². The van der Waals surface area contributed by atoms with Crippen LogP contribution in [0.1, 0.15) is 49.6 Å². The monoisotopic (exact) mass is 840 g/mol. The number of halogens is 6. The van der Waals surface area contributed by atoms with Gasteiger partial charge in [0.1, 0.15) is 34.4 Å². The second-order valence-electron chi connectivity index (χ2n) is 13.3. The van der Waals surface area contributed by atoms with Crippen LogP contribution in [-0.4, -0.2) is 54.9 Å². The molecule has 4 aromatic heterocycles. The molecule has 312 valence electrons. The van der Waals surface area contributed by atoms with Crippen molar-refractivity contribution in [3.63, 3.8) is 0 Å². The van der Waals surface area contributed by atoms with Crippen LogP contribution < -0.4 is 18.9 Å². The Kier molecular flexibility index (Phi) is 11.0. The van der Waals surface area contributed by atoms with E-state index in [1.807, 2.05) is 0 Å². The molecule has 6 aromatic rings. The Hall–Kier alpha value is -7.26. The van der Waals surface area contributed by atoms with Gasteiger partial charge < -0.3 is 37.5 Å². The number of aryl methyl sites for hydroxylation is 2. The molecular weight excluding hydrogens is 810 g/mol. The first-order valence-corrected chi connectivity index (χ1v) is 17.5. The van der Waals surface area contributed by atoms with Crippen molar-refractivity contribution in [1.29, 1.82) is 0 Å². The van der Waals surface area contributed by atoms with Gasteiger partial charge in [-0.15, -0.1) is 46.7 Å². The van der Waals surface area contributed by atoms with E-state index >= 15 is 0 Å². The van der Waals surface area contributed by atoms with E-state index in [0.29, 0.717) is 69.4 Å². The minimum Gasteiger partial charge on any atom is -0.438 e. The summed E-state index contributed by atoms with van der Waals surface area (Å²) in [6.07, 6.45) is -5.97. The zero-order valence-corrected chi connectivity index (χ0v) is 31.6. The number of hydrogen-bond donors (Lipinski definition) is 0. The first-order chi connectivity index (χ1) is 28.4. The average Bonchev–Trinajstić information content (AvgIpc) is 4.00. The van der Waals surface area contributed by atoms with E-state index in [1.54, 1.807) is 52.0 Å². The molecule has 0 saturated carbocycles. The second kappa shape index (κ2) is 16.2. The molecule has 0 bridgehead atoms. The Bertz CT molecular complexity index is 2300. The number of hydrogen-bond acceptors (Lipinski definition) is 16. The molecule has 0 saturated heterocycles. The van der Waals surface area contributed by atoms with Crippen molar-refractivity contribution in [2.24, 2.45) is 10.3 Å². The Morgan fingerprint density at radius 2 is 0.883 bits per heavy atom. The molecule has 6 heterocycles. The smallest absolute Gasteiger partial charge is 0.438 e. The minimum absolute atomic E-state index is 0.275. The van der Waals surface area contributed by atoms with E-state index < -0.39 is 23.9 Å². The highest BCUT2D eigenvalue weighted by Crippen LogP contribution is 2.38. The molecule has 0 radical (unpaired) electrons. The fourth-order valence-corrected chi connectivity index (χ4v) is 5.65. The van der Waals surface area contributed by atoms with Gasteiger partial charge in [-0.05, 0) is 73.5 Å². The molecule has 0 unspecified atom stereocenters. The Morgan fingerprint density at radius 1 is 0.517 bits per heavy atom. The summed E-state index contributed by atoms with van der Waals surface area (Å²) in [6, 6.07) is 17.5. The van der Waals surface area contributed by atoms with Gasteiger partial charge in [0.2, 0.25) is 23.6 Å². The number of rotatable bonds is 8.